The highest BCUT2D eigenvalue weighted by atomic mass is 19.1. The Balaban J connectivity index is 1.20. The van der Waals surface area contributed by atoms with Crippen LogP contribution in [0.5, 0.6) is 0 Å². The summed E-state index contributed by atoms with van der Waals surface area (Å²) in [7, 11) is 0. The zero-order chi connectivity index (χ0) is 27.6. The molecule has 1 amide bonds. The highest BCUT2D eigenvalue weighted by Crippen LogP contribution is 2.35. The van der Waals surface area contributed by atoms with Crippen molar-refractivity contribution in [2.45, 2.75) is 38.5 Å². The van der Waals surface area contributed by atoms with E-state index in [0.29, 0.717) is 65.2 Å². The van der Waals surface area contributed by atoms with Gasteiger partial charge in [-0.15, -0.1) is 0 Å². The van der Waals surface area contributed by atoms with Crippen LogP contribution in [0, 0.1) is 23.5 Å². The number of amidine groups is 1. The van der Waals surface area contributed by atoms with Crippen LogP contribution in [0.15, 0.2) is 46.8 Å². The number of benzene rings is 2. The number of anilines is 1. The first kappa shape index (κ1) is 26.3. The molecule has 6 rings (SSSR count). The lowest BCUT2D eigenvalue weighted by Crippen LogP contribution is -2.35. The SMILES string of the molecule is C=N/C(=N\OCC1CCN(c2ncnc3c(-c4ccc(C(=O)N5CCCC5)c(F)c4)cc(F)cc23)CC1)C1CC1. The molecule has 1 saturated carbocycles. The first-order chi connectivity index (χ1) is 19.5. The second kappa shape index (κ2) is 11.3. The number of nitrogens with zero attached hydrogens (tertiary/aromatic N) is 6. The zero-order valence-electron chi connectivity index (χ0n) is 22.4. The molecule has 0 bridgehead atoms. The van der Waals surface area contributed by atoms with Crippen molar-refractivity contribution < 1.29 is 18.4 Å². The summed E-state index contributed by atoms with van der Waals surface area (Å²) < 4.78 is 30.1. The molecule has 0 unspecified atom stereocenters. The van der Waals surface area contributed by atoms with Crippen molar-refractivity contribution in [3.63, 3.8) is 0 Å². The van der Waals surface area contributed by atoms with E-state index >= 15 is 4.39 Å². The van der Waals surface area contributed by atoms with Gasteiger partial charge in [0.25, 0.3) is 5.91 Å². The Labute approximate surface area is 231 Å². The third kappa shape index (κ3) is 5.39. The van der Waals surface area contributed by atoms with Crippen LogP contribution in [0.1, 0.15) is 48.9 Å². The number of carbonyl (C=O) groups excluding carboxylic acids is 1. The van der Waals surface area contributed by atoms with E-state index < -0.39 is 11.6 Å². The summed E-state index contributed by atoms with van der Waals surface area (Å²) in [5, 5.41) is 4.74. The third-order valence-corrected chi connectivity index (χ3v) is 8.07. The number of hydrogen-bond donors (Lipinski definition) is 0. The normalized spacial score (nSPS) is 18.4. The molecule has 2 saturated heterocycles. The fraction of sp³-hybridized carbons (Fsp3) is 0.433. The van der Waals surface area contributed by atoms with Crippen LogP contribution < -0.4 is 4.90 Å². The van der Waals surface area contributed by atoms with Crippen molar-refractivity contribution in [2.24, 2.45) is 22.0 Å². The lowest BCUT2D eigenvalue weighted by molar-refractivity contribution is 0.0788. The van der Waals surface area contributed by atoms with Gasteiger partial charge in [-0.3, -0.25) is 4.79 Å². The summed E-state index contributed by atoms with van der Waals surface area (Å²) in [6, 6.07) is 7.23. The average Bonchev–Trinajstić information content (AvgIpc) is 3.66. The van der Waals surface area contributed by atoms with Crippen LogP contribution in [0.3, 0.4) is 0 Å². The molecule has 0 atom stereocenters. The van der Waals surface area contributed by atoms with Gasteiger partial charge in [0, 0.05) is 43.0 Å². The Morgan fingerprint density at radius 2 is 1.80 bits per heavy atom. The van der Waals surface area contributed by atoms with Gasteiger partial charge in [-0.1, -0.05) is 11.2 Å². The van der Waals surface area contributed by atoms with Gasteiger partial charge >= 0.3 is 0 Å². The van der Waals surface area contributed by atoms with Crippen LogP contribution in [0.2, 0.25) is 0 Å². The Morgan fingerprint density at radius 1 is 1.02 bits per heavy atom. The smallest absolute Gasteiger partial charge is 0.256 e. The van der Waals surface area contributed by atoms with Crippen LogP contribution in [-0.2, 0) is 4.84 Å². The second-order valence-electron chi connectivity index (χ2n) is 10.8. The summed E-state index contributed by atoms with van der Waals surface area (Å²) in [5.74, 6) is 0.684. The minimum absolute atomic E-state index is 0.0312. The van der Waals surface area contributed by atoms with Crippen molar-refractivity contribution in [2.75, 3.05) is 37.7 Å². The molecule has 3 heterocycles. The maximum Gasteiger partial charge on any atom is 0.256 e. The van der Waals surface area contributed by atoms with E-state index in [1.165, 1.54) is 30.6 Å². The molecule has 8 nitrogen and oxygen atoms in total. The number of likely N-dealkylation sites (tertiary alicyclic amines) is 1. The number of hydrogen-bond acceptors (Lipinski definition) is 6. The minimum atomic E-state index is -0.622. The lowest BCUT2D eigenvalue weighted by Gasteiger charge is -2.32. The highest BCUT2D eigenvalue weighted by Gasteiger charge is 2.28. The third-order valence-electron chi connectivity index (χ3n) is 8.07. The fourth-order valence-corrected chi connectivity index (χ4v) is 5.63. The van der Waals surface area contributed by atoms with Crippen LogP contribution in [-0.4, -0.2) is 66.1 Å². The number of amides is 1. The van der Waals surface area contributed by atoms with E-state index in [2.05, 4.69) is 31.7 Å². The van der Waals surface area contributed by atoms with Crippen molar-refractivity contribution in [3.8, 4) is 11.1 Å². The maximum atomic E-state index is 15.1. The van der Waals surface area contributed by atoms with Crippen LogP contribution >= 0.6 is 0 Å². The summed E-state index contributed by atoms with van der Waals surface area (Å²) in [6.45, 7) is 6.83. The van der Waals surface area contributed by atoms with Crippen molar-refractivity contribution >= 4 is 35.2 Å². The summed E-state index contributed by atoms with van der Waals surface area (Å²) >= 11 is 0. The number of aliphatic imine (C=N–C) groups is 1. The fourth-order valence-electron chi connectivity index (χ4n) is 5.63. The molecule has 0 spiro atoms. The van der Waals surface area contributed by atoms with Crippen LogP contribution in [0.4, 0.5) is 14.6 Å². The number of oxime groups is 1. The van der Waals surface area contributed by atoms with Gasteiger partial charge in [0.2, 0.25) is 0 Å². The number of rotatable bonds is 7. The molecule has 3 aliphatic rings. The van der Waals surface area contributed by atoms with Crippen molar-refractivity contribution in [3.05, 3.63) is 53.9 Å². The standard InChI is InChI=1S/C30H32F2N6O2/c1-33-28(20-4-5-20)36-40-17-19-8-12-37(13-9-19)29-25-16-22(31)15-24(27(25)34-18-35-29)21-6-7-23(26(32)14-21)30(39)38-10-2-3-11-38/h6-7,14-16,18-20H,1-5,8-13,17H2/b36-28-. The topological polar surface area (TPSA) is 83.3 Å². The van der Waals surface area contributed by atoms with Gasteiger partial charge < -0.3 is 14.6 Å². The Kier molecular flexibility index (Phi) is 7.40. The van der Waals surface area contributed by atoms with E-state index in [1.807, 2.05) is 0 Å². The van der Waals surface area contributed by atoms with Gasteiger partial charge in [0.05, 0.1) is 11.1 Å². The zero-order valence-corrected chi connectivity index (χ0v) is 22.4. The second-order valence-corrected chi connectivity index (χ2v) is 10.8. The highest BCUT2D eigenvalue weighted by molar-refractivity contribution is 6.00. The average molecular weight is 547 g/mol. The predicted octanol–water partition coefficient (Wildman–Crippen LogP) is 5.47. The summed E-state index contributed by atoms with van der Waals surface area (Å²) in [4.78, 5) is 35.0. The van der Waals surface area contributed by atoms with Crippen molar-refractivity contribution in [1.29, 1.82) is 0 Å². The molecule has 0 N–H and O–H groups in total. The van der Waals surface area contributed by atoms with Gasteiger partial charge in [-0.2, -0.15) is 0 Å². The van der Waals surface area contributed by atoms with E-state index in [9.17, 15) is 9.18 Å². The maximum absolute atomic E-state index is 15.1. The molecule has 1 aromatic heterocycles. The van der Waals surface area contributed by atoms with E-state index in [4.69, 9.17) is 4.84 Å². The quantitative estimate of drug-likeness (QED) is 0.223. The number of halogens is 2. The molecule has 2 aliphatic heterocycles. The number of aromatic nitrogens is 2. The number of fused-ring (bicyclic) bond motifs is 1. The van der Waals surface area contributed by atoms with E-state index in [-0.39, 0.29) is 11.5 Å². The molecule has 40 heavy (non-hydrogen) atoms. The molecule has 2 aromatic carbocycles. The van der Waals surface area contributed by atoms with Gasteiger partial charge in [-0.05, 0) is 81.0 Å². The molecule has 208 valence electrons. The Hall–Kier alpha value is -3.95. The van der Waals surface area contributed by atoms with Gasteiger partial charge in [0.1, 0.15) is 30.4 Å². The number of piperidine rings is 1. The molecule has 10 heteroatoms. The molecule has 3 fully saturated rings. The molecular formula is C30H32F2N6O2. The summed E-state index contributed by atoms with van der Waals surface area (Å²) in [5.41, 5.74) is 1.49. The van der Waals surface area contributed by atoms with E-state index in [1.54, 1.807) is 11.0 Å². The summed E-state index contributed by atoms with van der Waals surface area (Å²) in [6.07, 6.45) is 7.25. The first-order valence-electron chi connectivity index (χ1n) is 14.0. The molecule has 3 aromatic rings. The lowest BCUT2D eigenvalue weighted by atomic mass is 9.97. The minimum Gasteiger partial charge on any atom is -0.394 e. The predicted molar refractivity (Wildman–Crippen MR) is 151 cm³/mol. The molecule has 1 aliphatic carbocycles. The Morgan fingerprint density at radius 3 is 2.50 bits per heavy atom. The largest absolute Gasteiger partial charge is 0.394 e. The Bertz CT molecular complexity index is 1460. The van der Waals surface area contributed by atoms with Crippen LogP contribution in [0.25, 0.3) is 22.0 Å². The monoisotopic (exact) mass is 546 g/mol. The van der Waals surface area contributed by atoms with Gasteiger partial charge in [0.15, 0.2) is 5.84 Å². The molecular weight excluding hydrogens is 514 g/mol. The van der Waals surface area contributed by atoms with Gasteiger partial charge in [-0.25, -0.2) is 23.7 Å². The number of carbonyl (C=O) groups is 1. The molecule has 0 radical (unpaired) electrons. The van der Waals surface area contributed by atoms with E-state index in [0.717, 1.165) is 51.6 Å². The first-order valence-corrected chi connectivity index (χ1v) is 14.0. The van der Waals surface area contributed by atoms with Crippen molar-refractivity contribution in [1.82, 2.24) is 14.9 Å².